The predicted octanol–water partition coefficient (Wildman–Crippen LogP) is 2.13. The van der Waals surface area contributed by atoms with E-state index in [4.69, 9.17) is 4.74 Å². The minimum absolute atomic E-state index is 0.256. The summed E-state index contributed by atoms with van der Waals surface area (Å²) < 4.78 is 9.80. The highest BCUT2D eigenvalue weighted by Gasteiger charge is 2.23. The minimum atomic E-state index is -0.389. The smallest absolute Gasteiger partial charge is 0.410 e. The molecule has 1 heterocycles. The lowest BCUT2D eigenvalue weighted by Crippen LogP contribution is -2.28. The second-order valence-electron chi connectivity index (χ2n) is 4.54. The average Bonchev–Trinajstić information content (AvgIpc) is 2.94. The summed E-state index contributed by atoms with van der Waals surface area (Å²) in [4.78, 5) is 24.6. The van der Waals surface area contributed by atoms with Gasteiger partial charge in [-0.2, -0.15) is 0 Å². The SMILES string of the molecule is COC(=O)C=C1CCN(C(=O)OCc2ccccc2)C1. The standard InChI is InChI=1S/C15H17NO4/c1-19-14(17)9-13-7-8-16(10-13)15(18)20-11-12-5-3-2-4-6-12/h2-6,9H,7-8,10-11H2,1H3. The fraction of sp³-hybridized carbons (Fsp3) is 0.333. The zero-order valence-electron chi connectivity index (χ0n) is 11.4. The number of nitrogens with zero attached hydrogens (tertiary/aromatic N) is 1. The molecule has 5 heteroatoms. The first kappa shape index (κ1) is 14.1. The third-order valence-corrected chi connectivity index (χ3v) is 3.08. The summed E-state index contributed by atoms with van der Waals surface area (Å²) in [6.07, 6.45) is 1.75. The minimum Gasteiger partial charge on any atom is -0.466 e. The summed E-state index contributed by atoms with van der Waals surface area (Å²) in [7, 11) is 1.33. The molecule has 0 atom stereocenters. The van der Waals surface area contributed by atoms with Crippen LogP contribution in [0, 0.1) is 0 Å². The molecule has 0 spiro atoms. The number of amides is 1. The van der Waals surface area contributed by atoms with Gasteiger partial charge in [0.2, 0.25) is 0 Å². The molecule has 0 aromatic heterocycles. The maximum atomic E-state index is 11.9. The van der Waals surface area contributed by atoms with Crippen LogP contribution in [0.3, 0.4) is 0 Å². The van der Waals surface area contributed by atoms with Gasteiger partial charge in [-0.15, -0.1) is 0 Å². The van der Waals surface area contributed by atoms with Gasteiger partial charge >= 0.3 is 12.1 Å². The molecular weight excluding hydrogens is 258 g/mol. The number of ether oxygens (including phenoxy) is 2. The predicted molar refractivity (Wildman–Crippen MR) is 72.9 cm³/mol. The van der Waals surface area contributed by atoms with Gasteiger partial charge in [-0.1, -0.05) is 30.3 Å². The third-order valence-electron chi connectivity index (χ3n) is 3.08. The summed E-state index contributed by atoms with van der Waals surface area (Å²) in [6, 6.07) is 9.52. The molecule has 1 aromatic carbocycles. The van der Waals surface area contributed by atoms with Crippen LogP contribution in [0.5, 0.6) is 0 Å². The Morgan fingerprint density at radius 1 is 1.30 bits per heavy atom. The van der Waals surface area contributed by atoms with Gasteiger partial charge in [0.1, 0.15) is 6.61 Å². The third kappa shape index (κ3) is 3.85. The zero-order valence-corrected chi connectivity index (χ0v) is 11.4. The summed E-state index contributed by atoms with van der Waals surface area (Å²) >= 11 is 0. The van der Waals surface area contributed by atoms with Crippen molar-refractivity contribution in [2.45, 2.75) is 13.0 Å². The van der Waals surface area contributed by atoms with Crippen LogP contribution in [0.4, 0.5) is 4.79 Å². The highest BCUT2D eigenvalue weighted by molar-refractivity contribution is 5.83. The molecule has 0 unspecified atom stereocenters. The topological polar surface area (TPSA) is 55.8 Å². The number of carbonyl (C=O) groups is 2. The Morgan fingerprint density at radius 3 is 2.75 bits per heavy atom. The van der Waals surface area contributed by atoms with Crippen molar-refractivity contribution in [3.63, 3.8) is 0 Å². The fourth-order valence-electron chi connectivity index (χ4n) is 1.99. The highest BCUT2D eigenvalue weighted by atomic mass is 16.6. The van der Waals surface area contributed by atoms with Crippen molar-refractivity contribution in [2.75, 3.05) is 20.2 Å². The molecule has 106 valence electrons. The Labute approximate surface area is 117 Å². The Balaban J connectivity index is 1.83. The molecular formula is C15H17NO4. The summed E-state index contributed by atoms with van der Waals surface area (Å²) in [6.45, 7) is 1.24. The first-order valence-corrected chi connectivity index (χ1v) is 6.42. The van der Waals surface area contributed by atoms with Crippen LogP contribution in [0.2, 0.25) is 0 Å². The van der Waals surface area contributed by atoms with Crippen LogP contribution in [0.1, 0.15) is 12.0 Å². The van der Waals surface area contributed by atoms with Gasteiger partial charge in [0.15, 0.2) is 0 Å². The number of likely N-dealkylation sites (tertiary alicyclic amines) is 1. The Kier molecular flexibility index (Phi) is 4.76. The van der Waals surface area contributed by atoms with E-state index in [0.717, 1.165) is 11.1 Å². The van der Waals surface area contributed by atoms with Crippen molar-refractivity contribution in [2.24, 2.45) is 0 Å². The van der Waals surface area contributed by atoms with Crippen LogP contribution < -0.4 is 0 Å². The molecule has 20 heavy (non-hydrogen) atoms. The van der Waals surface area contributed by atoms with E-state index < -0.39 is 0 Å². The van der Waals surface area contributed by atoms with E-state index in [1.165, 1.54) is 13.2 Å². The quantitative estimate of drug-likeness (QED) is 0.626. The van der Waals surface area contributed by atoms with Gasteiger partial charge in [-0.05, 0) is 17.6 Å². The molecule has 1 aliphatic heterocycles. The van der Waals surface area contributed by atoms with E-state index >= 15 is 0 Å². The molecule has 1 amide bonds. The normalized spacial score (nSPS) is 16.2. The van der Waals surface area contributed by atoms with Crippen molar-refractivity contribution < 1.29 is 19.1 Å². The van der Waals surface area contributed by atoms with Crippen molar-refractivity contribution in [1.82, 2.24) is 4.90 Å². The van der Waals surface area contributed by atoms with Crippen molar-refractivity contribution in [3.8, 4) is 0 Å². The van der Waals surface area contributed by atoms with Gasteiger partial charge in [0.25, 0.3) is 0 Å². The van der Waals surface area contributed by atoms with Crippen LogP contribution in [-0.4, -0.2) is 37.2 Å². The zero-order chi connectivity index (χ0) is 14.4. The van der Waals surface area contributed by atoms with Crippen molar-refractivity contribution >= 4 is 12.1 Å². The number of hydrogen-bond donors (Lipinski definition) is 0. The van der Waals surface area contributed by atoms with Crippen molar-refractivity contribution in [3.05, 3.63) is 47.5 Å². The average molecular weight is 275 g/mol. The highest BCUT2D eigenvalue weighted by Crippen LogP contribution is 2.16. The second kappa shape index (κ2) is 6.75. The molecule has 1 aromatic rings. The summed E-state index contributed by atoms with van der Waals surface area (Å²) in [5, 5.41) is 0. The van der Waals surface area contributed by atoms with Gasteiger partial charge in [0, 0.05) is 19.2 Å². The van der Waals surface area contributed by atoms with Gasteiger partial charge in [-0.3, -0.25) is 0 Å². The fourth-order valence-corrected chi connectivity index (χ4v) is 1.99. The lowest BCUT2D eigenvalue weighted by Gasteiger charge is -2.14. The molecule has 0 N–H and O–H groups in total. The van der Waals surface area contributed by atoms with Crippen molar-refractivity contribution in [1.29, 1.82) is 0 Å². The molecule has 0 saturated carbocycles. The van der Waals surface area contributed by atoms with Crippen LogP contribution in [-0.2, 0) is 20.9 Å². The van der Waals surface area contributed by atoms with Crippen LogP contribution in [0.15, 0.2) is 42.0 Å². The molecule has 1 fully saturated rings. The number of hydrogen-bond acceptors (Lipinski definition) is 4. The van der Waals surface area contributed by atoms with Gasteiger partial charge in [-0.25, -0.2) is 9.59 Å². The van der Waals surface area contributed by atoms with Gasteiger partial charge < -0.3 is 14.4 Å². The second-order valence-corrected chi connectivity index (χ2v) is 4.54. The maximum Gasteiger partial charge on any atom is 0.410 e. The van der Waals surface area contributed by atoms with E-state index in [9.17, 15) is 9.59 Å². The molecule has 0 aliphatic carbocycles. The van der Waals surface area contributed by atoms with E-state index in [1.54, 1.807) is 4.90 Å². The largest absolute Gasteiger partial charge is 0.466 e. The summed E-state index contributed by atoms with van der Waals surface area (Å²) in [5.41, 5.74) is 1.83. The van der Waals surface area contributed by atoms with E-state index in [0.29, 0.717) is 19.5 Å². The first-order chi connectivity index (χ1) is 9.69. The van der Waals surface area contributed by atoms with E-state index in [1.807, 2.05) is 30.3 Å². The molecule has 1 saturated heterocycles. The number of rotatable bonds is 3. The number of benzene rings is 1. The summed E-state index contributed by atoms with van der Waals surface area (Å²) in [5.74, 6) is -0.389. The first-order valence-electron chi connectivity index (χ1n) is 6.42. The Morgan fingerprint density at radius 2 is 2.05 bits per heavy atom. The molecule has 5 nitrogen and oxygen atoms in total. The number of carbonyl (C=O) groups excluding carboxylic acids is 2. The van der Waals surface area contributed by atoms with Crippen LogP contribution >= 0.6 is 0 Å². The lowest BCUT2D eigenvalue weighted by atomic mass is 10.2. The monoisotopic (exact) mass is 275 g/mol. The van der Waals surface area contributed by atoms with Crippen LogP contribution in [0.25, 0.3) is 0 Å². The van der Waals surface area contributed by atoms with E-state index in [-0.39, 0.29) is 18.7 Å². The Hall–Kier alpha value is -2.30. The van der Waals surface area contributed by atoms with Gasteiger partial charge in [0.05, 0.1) is 7.11 Å². The maximum absolute atomic E-state index is 11.9. The lowest BCUT2D eigenvalue weighted by molar-refractivity contribution is -0.134. The van der Waals surface area contributed by atoms with E-state index in [2.05, 4.69) is 4.74 Å². The molecule has 2 rings (SSSR count). The number of esters is 1. The Bertz CT molecular complexity index is 510. The molecule has 1 aliphatic rings. The molecule has 0 bridgehead atoms. The molecule has 0 radical (unpaired) electrons. The number of methoxy groups -OCH3 is 1.